The molecule has 1 N–H and O–H groups in total. The van der Waals surface area contributed by atoms with Crippen LogP contribution in [0.15, 0.2) is 48.8 Å². The summed E-state index contributed by atoms with van der Waals surface area (Å²) in [6, 6.07) is 16.1. The highest BCUT2D eigenvalue weighted by Crippen LogP contribution is 2.28. The maximum atomic E-state index is 11.8. The molecular formula is C28H32N8O4S. The van der Waals surface area contributed by atoms with Gasteiger partial charge in [0.05, 0.1) is 37.6 Å². The summed E-state index contributed by atoms with van der Waals surface area (Å²) in [7, 11) is -3.27. The molecule has 12 nitrogen and oxygen atoms in total. The molecule has 4 heterocycles. The van der Waals surface area contributed by atoms with E-state index in [1.54, 1.807) is 18.2 Å². The standard InChI is InChI=1S/C28H32N8O4S/c1-41(37,38)36-9-8-25(16-36)40-26-7-2-20(14-21(26)15-29)27-30-19-31-28(33-27)32-22-3-5-23(6-4-22)34-10-12-35(13-11-34)24-17-39-18-24/h2-7,14,19,24-25H,8-13,16-18H2,1H3,(H,30,31,32,33). The number of hydrogen-bond acceptors (Lipinski definition) is 11. The smallest absolute Gasteiger partial charge is 0.230 e. The lowest BCUT2D eigenvalue weighted by molar-refractivity contribution is -0.0660. The van der Waals surface area contributed by atoms with Gasteiger partial charge in [0.1, 0.15) is 24.3 Å². The van der Waals surface area contributed by atoms with E-state index in [1.165, 1.54) is 22.6 Å². The van der Waals surface area contributed by atoms with Crippen molar-refractivity contribution in [3.05, 3.63) is 54.4 Å². The monoisotopic (exact) mass is 576 g/mol. The van der Waals surface area contributed by atoms with E-state index in [0.29, 0.717) is 47.7 Å². The molecule has 0 saturated carbocycles. The first-order valence-corrected chi connectivity index (χ1v) is 15.5. The maximum absolute atomic E-state index is 11.8. The number of nitrogens with one attached hydrogen (secondary N) is 1. The van der Waals surface area contributed by atoms with Gasteiger partial charge in [-0.25, -0.2) is 18.4 Å². The number of sulfonamides is 1. The number of aromatic nitrogens is 3. The van der Waals surface area contributed by atoms with E-state index in [-0.39, 0.29) is 12.6 Å². The Morgan fingerprint density at radius 3 is 2.49 bits per heavy atom. The van der Waals surface area contributed by atoms with Gasteiger partial charge >= 0.3 is 0 Å². The van der Waals surface area contributed by atoms with Crippen LogP contribution in [0.1, 0.15) is 12.0 Å². The average molecular weight is 577 g/mol. The van der Waals surface area contributed by atoms with Gasteiger partial charge in [0.2, 0.25) is 16.0 Å². The van der Waals surface area contributed by atoms with Gasteiger partial charge in [-0.3, -0.25) is 4.90 Å². The molecule has 6 rings (SSSR count). The van der Waals surface area contributed by atoms with Gasteiger partial charge in [0, 0.05) is 49.7 Å². The first-order chi connectivity index (χ1) is 19.9. The van der Waals surface area contributed by atoms with Crippen molar-refractivity contribution < 1.29 is 17.9 Å². The second kappa shape index (κ2) is 11.6. The summed E-state index contributed by atoms with van der Waals surface area (Å²) >= 11 is 0. The van der Waals surface area contributed by atoms with Crippen LogP contribution < -0.4 is 15.0 Å². The molecule has 3 aliphatic heterocycles. The van der Waals surface area contributed by atoms with Crippen LogP contribution in [0.3, 0.4) is 0 Å². The summed E-state index contributed by atoms with van der Waals surface area (Å²) in [4.78, 5) is 18.0. The summed E-state index contributed by atoms with van der Waals surface area (Å²) in [6.07, 6.45) is 2.87. The molecule has 3 aromatic rings. The van der Waals surface area contributed by atoms with Gasteiger partial charge in [0.15, 0.2) is 5.82 Å². The number of nitriles is 1. The highest BCUT2D eigenvalue weighted by atomic mass is 32.2. The lowest BCUT2D eigenvalue weighted by Crippen LogP contribution is -2.56. The van der Waals surface area contributed by atoms with Crippen LogP contribution in [0, 0.1) is 11.3 Å². The maximum Gasteiger partial charge on any atom is 0.230 e. The molecule has 13 heteroatoms. The summed E-state index contributed by atoms with van der Waals surface area (Å²) < 4.78 is 36.3. The molecule has 0 amide bonds. The predicted octanol–water partition coefficient (Wildman–Crippen LogP) is 2.09. The minimum Gasteiger partial charge on any atom is -0.488 e. The van der Waals surface area contributed by atoms with Crippen LogP contribution in [-0.4, -0.2) is 103 Å². The summed E-state index contributed by atoms with van der Waals surface area (Å²) in [5, 5.41) is 13.0. The van der Waals surface area contributed by atoms with Gasteiger partial charge in [-0.2, -0.15) is 14.6 Å². The Hall–Kier alpha value is -3.83. The molecule has 3 saturated heterocycles. The number of nitrogens with zero attached hydrogens (tertiary/aromatic N) is 7. The van der Waals surface area contributed by atoms with Crippen molar-refractivity contribution in [3.8, 4) is 23.2 Å². The van der Waals surface area contributed by atoms with Crippen LogP contribution in [0.25, 0.3) is 11.4 Å². The van der Waals surface area contributed by atoms with E-state index in [1.807, 2.05) is 12.1 Å². The normalized spacial score (nSPS) is 20.4. The molecule has 41 heavy (non-hydrogen) atoms. The van der Waals surface area contributed by atoms with E-state index in [2.05, 4.69) is 48.3 Å². The second-order valence-electron chi connectivity index (χ2n) is 10.5. The Morgan fingerprint density at radius 2 is 1.83 bits per heavy atom. The molecule has 0 aliphatic carbocycles. The predicted molar refractivity (Wildman–Crippen MR) is 154 cm³/mol. The number of anilines is 3. The largest absolute Gasteiger partial charge is 0.488 e. The molecule has 0 bridgehead atoms. The van der Waals surface area contributed by atoms with Crippen molar-refractivity contribution in [2.75, 3.05) is 69.0 Å². The molecule has 1 aromatic heterocycles. The van der Waals surface area contributed by atoms with Gasteiger partial charge in [-0.15, -0.1) is 0 Å². The van der Waals surface area contributed by atoms with Crippen LogP contribution in [0.4, 0.5) is 17.3 Å². The fourth-order valence-electron chi connectivity index (χ4n) is 5.29. The molecule has 1 unspecified atom stereocenters. The fourth-order valence-corrected chi connectivity index (χ4v) is 6.17. The molecule has 1 atom stereocenters. The summed E-state index contributed by atoms with van der Waals surface area (Å²) in [6.45, 7) is 6.46. The molecule has 3 aliphatic rings. The van der Waals surface area contributed by atoms with E-state index >= 15 is 0 Å². The minimum absolute atomic E-state index is 0.266. The Bertz CT molecular complexity index is 1530. The highest BCUT2D eigenvalue weighted by Gasteiger charge is 2.31. The summed E-state index contributed by atoms with van der Waals surface area (Å²) in [5.41, 5.74) is 3.01. The Balaban J connectivity index is 1.09. The quantitative estimate of drug-likeness (QED) is 0.422. The van der Waals surface area contributed by atoms with Crippen molar-refractivity contribution in [1.82, 2.24) is 24.2 Å². The van der Waals surface area contributed by atoms with Gasteiger partial charge in [0.25, 0.3) is 0 Å². The lowest BCUT2D eigenvalue weighted by Gasteiger charge is -2.43. The third-order valence-electron chi connectivity index (χ3n) is 7.74. The Labute approximate surface area is 239 Å². The van der Waals surface area contributed by atoms with Gasteiger partial charge < -0.3 is 19.7 Å². The SMILES string of the molecule is CS(=O)(=O)N1CCC(Oc2ccc(-c3ncnc(Nc4ccc(N5CCN(C6COC6)CC5)cc4)n3)cc2C#N)C1. The van der Waals surface area contributed by atoms with Gasteiger partial charge in [-0.1, -0.05) is 0 Å². The average Bonchev–Trinajstić information content (AvgIpc) is 3.43. The zero-order valence-electron chi connectivity index (χ0n) is 22.8. The van der Waals surface area contributed by atoms with E-state index in [0.717, 1.165) is 45.1 Å². The number of rotatable bonds is 8. The van der Waals surface area contributed by atoms with Crippen LogP contribution >= 0.6 is 0 Å². The number of hydrogen-bond donors (Lipinski definition) is 1. The van der Waals surface area contributed by atoms with Crippen molar-refractivity contribution >= 4 is 27.3 Å². The highest BCUT2D eigenvalue weighted by molar-refractivity contribution is 7.88. The molecule has 214 valence electrons. The zero-order chi connectivity index (χ0) is 28.4. The third kappa shape index (κ3) is 6.25. The van der Waals surface area contributed by atoms with Crippen molar-refractivity contribution in [2.45, 2.75) is 18.6 Å². The Morgan fingerprint density at radius 1 is 1.05 bits per heavy atom. The molecular weight excluding hydrogens is 544 g/mol. The van der Waals surface area contributed by atoms with Crippen LogP contribution in [0.5, 0.6) is 5.75 Å². The molecule has 0 spiro atoms. The van der Waals surface area contributed by atoms with E-state index < -0.39 is 10.0 Å². The van der Waals surface area contributed by atoms with E-state index in [9.17, 15) is 13.7 Å². The lowest BCUT2D eigenvalue weighted by atomic mass is 10.1. The fraction of sp³-hybridized carbons (Fsp3) is 0.429. The Kier molecular flexibility index (Phi) is 7.72. The number of piperazine rings is 1. The minimum atomic E-state index is -3.27. The number of benzene rings is 2. The first kappa shape index (κ1) is 27.3. The zero-order valence-corrected chi connectivity index (χ0v) is 23.6. The van der Waals surface area contributed by atoms with Crippen molar-refractivity contribution in [1.29, 1.82) is 5.26 Å². The topological polar surface area (TPSA) is 137 Å². The molecule has 2 aromatic carbocycles. The summed E-state index contributed by atoms with van der Waals surface area (Å²) in [5.74, 6) is 1.22. The molecule has 3 fully saturated rings. The van der Waals surface area contributed by atoms with Crippen LogP contribution in [0.2, 0.25) is 0 Å². The van der Waals surface area contributed by atoms with Crippen LogP contribution in [-0.2, 0) is 14.8 Å². The van der Waals surface area contributed by atoms with E-state index in [4.69, 9.17) is 9.47 Å². The number of ether oxygens (including phenoxy) is 2. The van der Waals surface area contributed by atoms with Gasteiger partial charge in [-0.05, 0) is 48.9 Å². The van der Waals surface area contributed by atoms with Crippen molar-refractivity contribution in [3.63, 3.8) is 0 Å². The van der Waals surface area contributed by atoms with Crippen molar-refractivity contribution in [2.24, 2.45) is 0 Å². The molecule has 0 radical (unpaired) electrons. The third-order valence-corrected chi connectivity index (χ3v) is 9.01. The first-order valence-electron chi connectivity index (χ1n) is 13.6. The second-order valence-corrected chi connectivity index (χ2v) is 12.5.